The molecule has 3 N–H and O–H groups in total. The van der Waals surface area contributed by atoms with E-state index in [-0.39, 0.29) is 6.54 Å². The lowest BCUT2D eigenvalue weighted by molar-refractivity contribution is 0.180. The van der Waals surface area contributed by atoms with E-state index in [4.69, 9.17) is 10.5 Å². The number of aromatic nitrogens is 1. The Hall–Kier alpha value is -1.13. The number of aliphatic hydroxyl groups excluding tert-OH is 1. The molecule has 4 nitrogen and oxygen atoms in total. The van der Waals surface area contributed by atoms with Crippen molar-refractivity contribution in [3.8, 4) is 5.75 Å². The van der Waals surface area contributed by atoms with E-state index < -0.39 is 6.10 Å². The van der Waals surface area contributed by atoms with Gasteiger partial charge in [-0.2, -0.15) is 0 Å². The molecule has 0 saturated heterocycles. The van der Waals surface area contributed by atoms with E-state index in [1.807, 2.05) is 6.92 Å². The van der Waals surface area contributed by atoms with Crippen LogP contribution in [0.4, 0.5) is 0 Å². The van der Waals surface area contributed by atoms with E-state index in [2.05, 4.69) is 4.98 Å². The summed E-state index contributed by atoms with van der Waals surface area (Å²) in [5, 5.41) is 9.71. The normalized spacial score (nSPS) is 12.6. The predicted octanol–water partition coefficient (Wildman–Crippen LogP) is 0.645. The van der Waals surface area contributed by atoms with Gasteiger partial charge in [-0.1, -0.05) is 6.92 Å². The topological polar surface area (TPSA) is 68.4 Å². The standard InChI is InChI=1S/C10H16N2O2/c1-3-7-10(8(13)6-11)9(14-2)4-5-12-7/h4-5,8,13H,3,6,11H2,1-2H3. The van der Waals surface area contributed by atoms with Crippen molar-refractivity contribution in [2.24, 2.45) is 5.73 Å². The quantitative estimate of drug-likeness (QED) is 0.741. The number of aliphatic hydroxyl groups is 1. The van der Waals surface area contributed by atoms with E-state index in [1.54, 1.807) is 19.4 Å². The van der Waals surface area contributed by atoms with Crippen molar-refractivity contribution < 1.29 is 9.84 Å². The second-order valence-corrected chi connectivity index (χ2v) is 2.98. The number of pyridine rings is 1. The van der Waals surface area contributed by atoms with Crippen molar-refractivity contribution in [3.05, 3.63) is 23.5 Å². The molecule has 1 heterocycles. The maximum Gasteiger partial charge on any atom is 0.128 e. The molecular weight excluding hydrogens is 180 g/mol. The summed E-state index contributed by atoms with van der Waals surface area (Å²) in [4.78, 5) is 4.18. The molecule has 1 atom stereocenters. The highest BCUT2D eigenvalue weighted by atomic mass is 16.5. The predicted molar refractivity (Wildman–Crippen MR) is 54.2 cm³/mol. The van der Waals surface area contributed by atoms with Crippen LogP contribution in [0, 0.1) is 0 Å². The number of hydrogen-bond donors (Lipinski definition) is 2. The minimum Gasteiger partial charge on any atom is -0.496 e. The first kappa shape index (κ1) is 10.9. The average molecular weight is 196 g/mol. The van der Waals surface area contributed by atoms with E-state index in [9.17, 15) is 5.11 Å². The van der Waals surface area contributed by atoms with Gasteiger partial charge in [0.2, 0.25) is 0 Å². The Morgan fingerprint density at radius 3 is 2.86 bits per heavy atom. The number of aryl methyl sites for hydroxylation is 1. The van der Waals surface area contributed by atoms with Crippen LogP contribution in [0.25, 0.3) is 0 Å². The van der Waals surface area contributed by atoms with Gasteiger partial charge in [0.15, 0.2) is 0 Å². The van der Waals surface area contributed by atoms with Crippen LogP contribution in [-0.2, 0) is 6.42 Å². The molecule has 1 aromatic rings. The molecule has 0 aliphatic rings. The molecule has 1 aromatic heterocycles. The molecule has 0 aliphatic heterocycles. The highest BCUT2D eigenvalue weighted by Gasteiger charge is 2.16. The second kappa shape index (κ2) is 4.93. The minimum absolute atomic E-state index is 0.176. The Labute approximate surface area is 83.7 Å². The van der Waals surface area contributed by atoms with Gasteiger partial charge in [-0.05, 0) is 12.5 Å². The lowest BCUT2D eigenvalue weighted by Gasteiger charge is -2.15. The Bertz CT molecular complexity index is 280. The zero-order valence-corrected chi connectivity index (χ0v) is 8.53. The van der Waals surface area contributed by atoms with Gasteiger partial charge >= 0.3 is 0 Å². The summed E-state index contributed by atoms with van der Waals surface area (Å²) in [7, 11) is 1.57. The summed E-state index contributed by atoms with van der Waals surface area (Å²) in [5.74, 6) is 0.648. The first-order valence-corrected chi connectivity index (χ1v) is 4.64. The van der Waals surface area contributed by atoms with E-state index in [1.165, 1.54) is 0 Å². The fourth-order valence-corrected chi connectivity index (χ4v) is 1.43. The Morgan fingerprint density at radius 2 is 2.36 bits per heavy atom. The number of hydrogen-bond acceptors (Lipinski definition) is 4. The van der Waals surface area contributed by atoms with E-state index >= 15 is 0 Å². The van der Waals surface area contributed by atoms with Gasteiger partial charge in [-0.25, -0.2) is 0 Å². The van der Waals surface area contributed by atoms with Crippen LogP contribution in [0.15, 0.2) is 12.3 Å². The Kier molecular flexibility index (Phi) is 3.85. The summed E-state index contributed by atoms with van der Waals surface area (Å²) in [6.07, 6.45) is 1.72. The molecule has 78 valence electrons. The smallest absolute Gasteiger partial charge is 0.128 e. The monoisotopic (exact) mass is 196 g/mol. The van der Waals surface area contributed by atoms with E-state index in [0.717, 1.165) is 12.1 Å². The van der Waals surface area contributed by atoms with Gasteiger partial charge in [0.25, 0.3) is 0 Å². The van der Waals surface area contributed by atoms with Gasteiger partial charge in [-0.15, -0.1) is 0 Å². The molecule has 0 spiro atoms. The first-order valence-electron chi connectivity index (χ1n) is 4.64. The van der Waals surface area contributed by atoms with Gasteiger partial charge < -0.3 is 15.6 Å². The number of nitrogens with zero attached hydrogens (tertiary/aromatic N) is 1. The summed E-state index contributed by atoms with van der Waals surface area (Å²) < 4.78 is 5.16. The van der Waals surface area contributed by atoms with Crippen molar-refractivity contribution >= 4 is 0 Å². The highest BCUT2D eigenvalue weighted by Crippen LogP contribution is 2.26. The molecule has 1 unspecified atom stereocenters. The van der Waals surface area contributed by atoms with Crippen LogP contribution >= 0.6 is 0 Å². The van der Waals surface area contributed by atoms with Crippen LogP contribution in [0.1, 0.15) is 24.3 Å². The van der Waals surface area contributed by atoms with Crippen molar-refractivity contribution in [1.82, 2.24) is 4.98 Å². The fourth-order valence-electron chi connectivity index (χ4n) is 1.43. The molecule has 0 aromatic carbocycles. The minimum atomic E-state index is -0.700. The van der Waals surface area contributed by atoms with Crippen LogP contribution in [-0.4, -0.2) is 23.7 Å². The summed E-state index contributed by atoms with van der Waals surface area (Å²) >= 11 is 0. The SMILES string of the molecule is CCc1nccc(OC)c1C(O)CN. The molecule has 4 heteroatoms. The Morgan fingerprint density at radius 1 is 1.64 bits per heavy atom. The van der Waals surface area contributed by atoms with Crippen LogP contribution in [0.3, 0.4) is 0 Å². The molecule has 0 aliphatic carbocycles. The van der Waals surface area contributed by atoms with Crippen molar-refractivity contribution in [1.29, 1.82) is 0 Å². The van der Waals surface area contributed by atoms with Gasteiger partial charge in [0, 0.05) is 24.0 Å². The highest BCUT2D eigenvalue weighted by molar-refractivity contribution is 5.37. The molecule has 0 radical (unpaired) electrons. The zero-order valence-electron chi connectivity index (χ0n) is 8.53. The second-order valence-electron chi connectivity index (χ2n) is 2.98. The number of methoxy groups -OCH3 is 1. The average Bonchev–Trinajstić information content (AvgIpc) is 2.26. The lowest BCUT2D eigenvalue weighted by atomic mass is 10.0. The zero-order chi connectivity index (χ0) is 10.6. The summed E-state index contributed by atoms with van der Waals surface area (Å²) in [6.45, 7) is 2.16. The van der Waals surface area contributed by atoms with Crippen molar-refractivity contribution in [3.63, 3.8) is 0 Å². The summed E-state index contributed by atoms with van der Waals surface area (Å²) in [6, 6.07) is 1.73. The van der Waals surface area contributed by atoms with Crippen LogP contribution < -0.4 is 10.5 Å². The van der Waals surface area contributed by atoms with Crippen LogP contribution in [0.5, 0.6) is 5.75 Å². The van der Waals surface area contributed by atoms with E-state index in [0.29, 0.717) is 11.3 Å². The summed E-state index contributed by atoms with van der Waals surface area (Å²) in [5.41, 5.74) is 6.96. The molecule has 1 rings (SSSR count). The maximum atomic E-state index is 9.71. The largest absolute Gasteiger partial charge is 0.496 e. The third kappa shape index (κ3) is 2.02. The first-order chi connectivity index (χ1) is 6.74. The maximum absolute atomic E-state index is 9.71. The van der Waals surface area contributed by atoms with Crippen LogP contribution in [0.2, 0.25) is 0 Å². The van der Waals surface area contributed by atoms with Gasteiger partial charge in [0.05, 0.1) is 13.2 Å². The number of nitrogens with two attached hydrogens (primary N) is 1. The fraction of sp³-hybridized carbons (Fsp3) is 0.500. The molecule has 0 bridgehead atoms. The Balaban J connectivity index is 3.18. The molecule has 0 saturated carbocycles. The molecule has 14 heavy (non-hydrogen) atoms. The lowest BCUT2D eigenvalue weighted by Crippen LogP contribution is -2.15. The third-order valence-electron chi connectivity index (χ3n) is 2.14. The third-order valence-corrected chi connectivity index (χ3v) is 2.14. The molecular formula is C10H16N2O2. The van der Waals surface area contributed by atoms with Gasteiger partial charge in [-0.3, -0.25) is 4.98 Å². The van der Waals surface area contributed by atoms with Gasteiger partial charge in [0.1, 0.15) is 5.75 Å². The number of ether oxygens (including phenoxy) is 1. The van der Waals surface area contributed by atoms with Crippen molar-refractivity contribution in [2.75, 3.05) is 13.7 Å². The number of rotatable bonds is 4. The van der Waals surface area contributed by atoms with Crippen molar-refractivity contribution in [2.45, 2.75) is 19.4 Å². The molecule has 0 amide bonds. The molecule has 0 fully saturated rings.